The Bertz CT molecular complexity index is 640. The van der Waals surface area contributed by atoms with Gasteiger partial charge in [0.15, 0.2) is 0 Å². The molecule has 4 amide bonds. The molecule has 0 radical (unpaired) electrons. The number of rotatable bonds is 5. The molecule has 7 nitrogen and oxygen atoms in total. The second-order valence-electron chi connectivity index (χ2n) is 6.04. The Morgan fingerprint density at radius 1 is 1.24 bits per heavy atom. The fourth-order valence-electron chi connectivity index (χ4n) is 2.98. The Labute approximate surface area is 151 Å². The van der Waals surface area contributed by atoms with Crippen molar-refractivity contribution in [2.45, 2.75) is 11.8 Å². The zero-order valence-corrected chi connectivity index (χ0v) is 14.8. The Kier molecular flexibility index (Phi) is 5.80. The van der Waals surface area contributed by atoms with Gasteiger partial charge in [-0.05, 0) is 5.56 Å². The first-order valence-electron chi connectivity index (χ1n) is 8.37. The molecule has 1 aromatic carbocycles. The van der Waals surface area contributed by atoms with Crippen LogP contribution in [0, 0.1) is 0 Å². The molecule has 25 heavy (non-hydrogen) atoms. The standard InChI is InChI=1S/C17H22N4O3S/c22-15-10-19-16(23)14-11-20(7-8-21(14)15)17(24)18-6-9-25-12-13-4-2-1-3-5-13/h1-5,14H,6-12H2,(H,18,24)(H,19,23)/t14-/m0/s1. The molecule has 1 atom stereocenters. The van der Waals surface area contributed by atoms with E-state index in [2.05, 4.69) is 22.8 Å². The van der Waals surface area contributed by atoms with Crippen LogP contribution >= 0.6 is 11.8 Å². The van der Waals surface area contributed by atoms with Crippen LogP contribution in [-0.4, -0.2) is 72.2 Å². The molecule has 8 heteroatoms. The Hall–Kier alpha value is -2.22. The number of carbonyl (C=O) groups excluding carboxylic acids is 3. The average molecular weight is 362 g/mol. The van der Waals surface area contributed by atoms with Crippen LogP contribution < -0.4 is 10.6 Å². The van der Waals surface area contributed by atoms with Gasteiger partial charge in [0.05, 0.1) is 13.1 Å². The summed E-state index contributed by atoms with van der Waals surface area (Å²) in [4.78, 5) is 39.2. The molecule has 134 valence electrons. The third-order valence-electron chi connectivity index (χ3n) is 4.34. The smallest absolute Gasteiger partial charge is 0.317 e. The Morgan fingerprint density at radius 2 is 2.04 bits per heavy atom. The molecule has 0 spiro atoms. The third kappa shape index (κ3) is 4.45. The number of fused-ring (bicyclic) bond motifs is 1. The number of amides is 4. The van der Waals surface area contributed by atoms with Crippen molar-refractivity contribution in [1.82, 2.24) is 20.4 Å². The third-order valence-corrected chi connectivity index (χ3v) is 5.37. The fraction of sp³-hybridized carbons (Fsp3) is 0.471. The minimum Gasteiger partial charge on any atom is -0.345 e. The lowest BCUT2D eigenvalue weighted by molar-refractivity contribution is -0.148. The van der Waals surface area contributed by atoms with E-state index >= 15 is 0 Å². The highest BCUT2D eigenvalue weighted by molar-refractivity contribution is 7.98. The van der Waals surface area contributed by atoms with Gasteiger partial charge in [0.1, 0.15) is 6.04 Å². The predicted molar refractivity (Wildman–Crippen MR) is 96.1 cm³/mol. The molecule has 1 aromatic rings. The van der Waals surface area contributed by atoms with Crippen molar-refractivity contribution < 1.29 is 14.4 Å². The summed E-state index contributed by atoms with van der Waals surface area (Å²) in [5.74, 6) is 1.47. The van der Waals surface area contributed by atoms with Gasteiger partial charge in [0.25, 0.3) is 0 Å². The number of nitrogens with zero attached hydrogens (tertiary/aromatic N) is 2. The normalized spacial score (nSPS) is 20.1. The van der Waals surface area contributed by atoms with Crippen LogP contribution in [0.5, 0.6) is 0 Å². The Balaban J connectivity index is 1.38. The predicted octanol–water partition coefficient (Wildman–Crippen LogP) is 0.272. The number of thioether (sulfide) groups is 1. The van der Waals surface area contributed by atoms with Crippen LogP contribution in [0.3, 0.4) is 0 Å². The van der Waals surface area contributed by atoms with Gasteiger partial charge in [-0.3, -0.25) is 9.59 Å². The lowest BCUT2D eigenvalue weighted by atomic mass is 10.1. The number of nitrogens with one attached hydrogen (secondary N) is 2. The summed E-state index contributed by atoms with van der Waals surface area (Å²) >= 11 is 1.76. The largest absolute Gasteiger partial charge is 0.345 e. The lowest BCUT2D eigenvalue weighted by Crippen LogP contribution is -2.67. The fourth-order valence-corrected chi connectivity index (χ4v) is 3.80. The van der Waals surface area contributed by atoms with Crippen molar-refractivity contribution >= 4 is 29.6 Å². The van der Waals surface area contributed by atoms with Crippen LogP contribution in [0.1, 0.15) is 5.56 Å². The topological polar surface area (TPSA) is 81.8 Å². The van der Waals surface area contributed by atoms with Crippen molar-refractivity contribution in [3.05, 3.63) is 35.9 Å². The molecule has 2 aliphatic rings. The summed E-state index contributed by atoms with van der Waals surface area (Å²) in [6.07, 6.45) is 0. The molecule has 0 aromatic heterocycles. The molecule has 2 fully saturated rings. The maximum absolute atomic E-state index is 12.3. The van der Waals surface area contributed by atoms with Crippen LogP contribution in [0.2, 0.25) is 0 Å². The number of benzene rings is 1. The van der Waals surface area contributed by atoms with Gasteiger partial charge in [-0.15, -0.1) is 0 Å². The molecule has 0 saturated carbocycles. The van der Waals surface area contributed by atoms with E-state index in [-0.39, 0.29) is 30.9 Å². The number of hydrogen-bond acceptors (Lipinski definition) is 4. The average Bonchev–Trinajstić information content (AvgIpc) is 2.65. The number of carbonyl (C=O) groups is 3. The van der Waals surface area contributed by atoms with Crippen molar-refractivity contribution in [3.63, 3.8) is 0 Å². The lowest BCUT2D eigenvalue weighted by Gasteiger charge is -2.42. The van der Waals surface area contributed by atoms with Crippen molar-refractivity contribution in [3.8, 4) is 0 Å². The van der Waals surface area contributed by atoms with E-state index in [1.165, 1.54) is 5.56 Å². The van der Waals surface area contributed by atoms with E-state index in [1.54, 1.807) is 21.6 Å². The maximum Gasteiger partial charge on any atom is 0.317 e. The molecular formula is C17H22N4O3S. The molecule has 0 aliphatic carbocycles. The van der Waals surface area contributed by atoms with Crippen molar-refractivity contribution in [2.24, 2.45) is 0 Å². The van der Waals surface area contributed by atoms with E-state index in [1.807, 2.05) is 18.2 Å². The second kappa shape index (κ2) is 8.24. The highest BCUT2D eigenvalue weighted by Crippen LogP contribution is 2.14. The van der Waals surface area contributed by atoms with Gasteiger partial charge >= 0.3 is 6.03 Å². The minimum atomic E-state index is -0.562. The highest BCUT2D eigenvalue weighted by atomic mass is 32.2. The summed E-state index contributed by atoms with van der Waals surface area (Å²) in [7, 11) is 0. The Morgan fingerprint density at radius 3 is 2.84 bits per heavy atom. The van der Waals surface area contributed by atoms with E-state index in [0.29, 0.717) is 19.6 Å². The van der Waals surface area contributed by atoms with Gasteiger partial charge in [-0.2, -0.15) is 11.8 Å². The van der Waals surface area contributed by atoms with Crippen LogP contribution in [0.4, 0.5) is 4.79 Å². The number of hydrogen-bond donors (Lipinski definition) is 2. The first kappa shape index (κ1) is 17.6. The van der Waals surface area contributed by atoms with Crippen LogP contribution in [-0.2, 0) is 15.3 Å². The number of piperazine rings is 2. The number of urea groups is 1. The molecule has 2 aliphatic heterocycles. The molecule has 2 saturated heterocycles. The van der Waals surface area contributed by atoms with Gasteiger partial charge in [0, 0.05) is 31.1 Å². The van der Waals surface area contributed by atoms with Crippen molar-refractivity contribution in [1.29, 1.82) is 0 Å². The van der Waals surface area contributed by atoms with Crippen LogP contribution in [0.25, 0.3) is 0 Å². The second-order valence-corrected chi connectivity index (χ2v) is 7.14. The minimum absolute atomic E-state index is 0.0557. The van der Waals surface area contributed by atoms with Gasteiger partial charge in [0.2, 0.25) is 11.8 Å². The summed E-state index contributed by atoms with van der Waals surface area (Å²) < 4.78 is 0. The summed E-state index contributed by atoms with van der Waals surface area (Å²) in [6.45, 7) is 1.75. The molecule has 2 heterocycles. The summed E-state index contributed by atoms with van der Waals surface area (Å²) in [5, 5.41) is 5.47. The van der Waals surface area contributed by atoms with E-state index in [4.69, 9.17) is 0 Å². The molecule has 2 N–H and O–H groups in total. The van der Waals surface area contributed by atoms with E-state index < -0.39 is 6.04 Å². The molecule has 0 bridgehead atoms. The van der Waals surface area contributed by atoms with Gasteiger partial charge in [-0.25, -0.2) is 4.79 Å². The van der Waals surface area contributed by atoms with E-state index in [9.17, 15) is 14.4 Å². The zero-order valence-electron chi connectivity index (χ0n) is 13.9. The first-order valence-corrected chi connectivity index (χ1v) is 9.52. The highest BCUT2D eigenvalue weighted by Gasteiger charge is 2.39. The maximum atomic E-state index is 12.3. The molecule has 0 unspecified atom stereocenters. The van der Waals surface area contributed by atoms with Gasteiger partial charge < -0.3 is 20.4 Å². The molecular weight excluding hydrogens is 340 g/mol. The summed E-state index contributed by atoms with van der Waals surface area (Å²) in [5.41, 5.74) is 1.27. The zero-order chi connectivity index (χ0) is 17.6. The van der Waals surface area contributed by atoms with Crippen LogP contribution in [0.15, 0.2) is 30.3 Å². The molecule has 3 rings (SSSR count). The van der Waals surface area contributed by atoms with Crippen molar-refractivity contribution in [2.75, 3.05) is 38.5 Å². The first-order chi connectivity index (χ1) is 12.1. The SMILES string of the molecule is O=C1NCC(=O)N2CCN(C(=O)NCCSCc3ccccc3)C[C@@H]12. The monoisotopic (exact) mass is 362 g/mol. The van der Waals surface area contributed by atoms with Gasteiger partial charge in [-0.1, -0.05) is 30.3 Å². The quantitative estimate of drug-likeness (QED) is 0.737. The summed E-state index contributed by atoms with van der Waals surface area (Å²) in [6, 6.07) is 9.46. The van der Waals surface area contributed by atoms with E-state index in [0.717, 1.165) is 11.5 Å².